The van der Waals surface area contributed by atoms with E-state index < -0.39 is 0 Å². The van der Waals surface area contributed by atoms with Crippen LogP contribution in [-0.4, -0.2) is 66.5 Å². The molecule has 0 aliphatic carbocycles. The number of rotatable bonds is 8. The average Bonchev–Trinajstić information content (AvgIpc) is 3.51. The SMILES string of the molecule is CC(C)n1nnc(CCNC(=O)Nc2cn3cc(-c4cncc(OC5CCOCC5)c4)ccc3n2)n1. The fourth-order valence-electron chi connectivity index (χ4n) is 3.87. The summed E-state index contributed by atoms with van der Waals surface area (Å²) in [7, 11) is 0. The highest BCUT2D eigenvalue weighted by Gasteiger charge is 2.16. The number of hydrogen-bond acceptors (Lipinski definition) is 8. The zero-order valence-corrected chi connectivity index (χ0v) is 20.3. The van der Waals surface area contributed by atoms with Gasteiger partial charge in [-0.2, -0.15) is 4.80 Å². The molecule has 0 saturated carbocycles. The first-order valence-electron chi connectivity index (χ1n) is 12.1. The first-order chi connectivity index (χ1) is 17.5. The van der Waals surface area contributed by atoms with Crippen LogP contribution in [0.3, 0.4) is 0 Å². The van der Waals surface area contributed by atoms with Gasteiger partial charge >= 0.3 is 6.03 Å². The Morgan fingerprint density at radius 1 is 1.19 bits per heavy atom. The van der Waals surface area contributed by atoms with Gasteiger partial charge in [-0.25, -0.2) is 9.78 Å². The molecule has 0 unspecified atom stereocenters. The minimum Gasteiger partial charge on any atom is -0.489 e. The van der Waals surface area contributed by atoms with Crippen molar-refractivity contribution in [2.45, 2.75) is 45.3 Å². The molecule has 188 valence electrons. The topological polar surface area (TPSA) is 133 Å². The molecule has 0 aromatic carbocycles. The molecule has 0 bridgehead atoms. The number of amides is 2. The first-order valence-corrected chi connectivity index (χ1v) is 12.1. The minimum absolute atomic E-state index is 0.142. The van der Waals surface area contributed by atoms with Gasteiger partial charge < -0.3 is 19.2 Å². The number of ether oxygens (including phenoxy) is 2. The van der Waals surface area contributed by atoms with E-state index >= 15 is 0 Å². The van der Waals surface area contributed by atoms with Crippen molar-refractivity contribution in [1.82, 2.24) is 39.9 Å². The number of aromatic nitrogens is 7. The van der Waals surface area contributed by atoms with E-state index in [9.17, 15) is 4.79 Å². The van der Waals surface area contributed by atoms with Crippen LogP contribution < -0.4 is 15.4 Å². The van der Waals surface area contributed by atoms with E-state index in [-0.39, 0.29) is 18.2 Å². The summed E-state index contributed by atoms with van der Waals surface area (Å²) in [6.07, 6.45) is 9.65. The molecule has 12 nitrogen and oxygen atoms in total. The molecule has 0 radical (unpaired) electrons. The summed E-state index contributed by atoms with van der Waals surface area (Å²) < 4.78 is 13.4. The number of anilines is 1. The van der Waals surface area contributed by atoms with Crippen LogP contribution in [0.15, 0.2) is 43.0 Å². The van der Waals surface area contributed by atoms with Crippen LogP contribution in [0.2, 0.25) is 0 Å². The highest BCUT2D eigenvalue weighted by molar-refractivity contribution is 5.88. The second-order valence-corrected chi connectivity index (χ2v) is 8.90. The molecule has 1 saturated heterocycles. The number of nitrogens with one attached hydrogen (secondary N) is 2. The summed E-state index contributed by atoms with van der Waals surface area (Å²) in [4.78, 5) is 22.7. The van der Waals surface area contributed by atoms with Crippen molar-refractivity contribution in [3.8, 4) is 16.9 Å². The Morgan fingerprint density at radius 3 is 2.86 bits per heavy atom. The Morgan fingerprint density at radius 2 is 2.06 bits per heavy atom. The van der Waals surface area contributed by atoms with Gasteiger partial charge in [0, 0.05) is 49.3 Å². The Hall–Kier alpha value is -4.06. The van der Waals surface area contributed by atoms with Gasteiger partial charge in [-0.1, -0.05) is 0 Å². The number of pyridine rings is 2. The summed E-state index contributed by atoms with van der Waals surface area (Å²) in [5.74, 6) is 1.77. The molecule has 5 rings (SSSR count). The van der Waals surface area contributed by atoms with Crippen LogP contribution in [0, 0.1) is 0 Å². The molecule has 1 fully saturated rings. The van der Waals surface area contributed by atoms with E-state index in [1.165, 1.54) is 0 Å². The van der Waals surface area contributed by atoms with E-state index in [4.69, 9.17) is 9.47 Å². The van der Waals surface area contributed by atoms with E-state index in [1.807, 2.05) is 42.6 Å². The summed E-state index contributed by atoms with van der Waals surface area (Å²) in [5.41, 5.74) is 2.61. The monoisotopic (exact) mass is 491 g/mol. The van der Waals surface area contributed by atoms with Gasteiger partial charge in [-0.05, 0) is 37.3 Å². The number of hydrogen-bond donors (Lipinski definition) is 2. The Kier molecular flexibility index (Phi) is 7.03. The van der Waals surface area contributed by atoms with Crippen LogP contribution in [0.1, 0.15) is 38.6 Å². The first kappa shape index (κ1) is 23.7. The van der Waals surface area contributed by atoms with Crippen molar-refractivity contribution in [2.24, 2.45) is 0 Å². The third kappa shape index (κ3) is 5.77. The molecule has 5 heterocycles. The highest BCUT2D eigenvalue weighted by Crippen LogP contribution is 2.25. The predicted octanol–water partition coefficient (Wildman–Crippen LogP) is 2.89. The quantitative estimate of drug-likeness (QED) is 0.384. The molecule has 4 aromatic heterocycles. The van der Waals surface area contributed by atoms with Crippen LogP contribution in [-0.2, 0) is 11.2 Å². The second kappa shape index (κ2) is 10.7. The van der Waals surface area contributed by atoms with Crippen molar-refractivity contribution >= 4 is 17.5 Å². The molecule has 2 amide bonds. The lowest BCUT2D eigenvalue weighted by atomic mass is 10.1. The molecule has 4 aromatic rings. The summed E-state index contributed by atoms with van der Waals surface area (Å²) >= 11 is 0. The van der Waals surface area contributed by atoms with Crippen molar-refractivity contribution in [3.05, 3.63) is 48.8 Å². The molecule has 1 aliphatic rings. The summed E-state index contributed by atoms with van der Waals surface area (Å²) in [6, 6.07) is 5.65. The van der Waals surface area contributed by atoms with Gasteiger partial charge in [-0.15, -0.1) is 10.2 Å². The van der Waals surface area contributed by atoms with Gasteiger partial charge in [0.05, 0.1) is 31.6 Å². The number of fused-ring (bicyclic) bond motifs is 1. The number of carbonyl (C=O) groups is 1. The van der Waals surface area contributed by atoms with E-state index in [2.05, 4.69) is 36.0 Å². The minimum atomic E-state index is -0.350. The van der Waals surface area contributed by atoms with Crippen LogP contribution >= 0.6 is 0 Å². The van der Waals surface area contributed by atoms with Crippen molar-refractivity contribution < 1.29 is 14.3 Å². The van der Waals surface area contributed by atoms with Gasteiger partial charge in [0.1, 0.15) is 17.5 Å². The molecule has 0 atom stereocenters. The maximum atomic E-state index is 12.3. The van der Waals surface area contributed by atoms with Crippen LogP contribution in [0.5, 0.6) is 5.75 Å². The maximum absolute atomic E-state index is 12.3. The Bertz CT molecular complexity index is 1330. The largest absolute Gasteiger partial charge is 0.489 e. The van der Waals surface area contributed by atoms with Crippen molar-refractivity contribution in [3.63, 3.8) is 0 Å². The van der Waals surface area contributed by atoms with Gasteiger partial charge in [-0.3, -0.25) is 10.3 Å². The number of carbonyl (C=O) groups excluding carboxylic acids is 1. The van der Waals surface area contributed by atoms with Crippen molar-refractivity contribution in [2.75, 3.05) is 25.1 Å². The molecular formula is C24H29N9O3. The van der Waals surface area contributed by atoms with Gasteiger partial charge in [0.15, 0.2) is 11.6 Å². The fraction of sp³-hybridized carbons (Fsp3) is 0.417. The maximum Gasteiger partial charge on any atom is 0.320 e. The Balaban J connectivity index is 1.19. The van der Waals surface area contributed by atoms with Crippen molar-refractivity contribution in [1.29, 1.82) is 0 Å². The average molecular weight is 492 g/mol. The second-order valence-electron chi connectivity index (χ2n) is 8.90. The summed E-state index contributed by atoms with van der Waals surface area (Å²) in [5, 5.41) is 17.8. The van der Waals surface area contributed by atoms with Crippen LogP contribution in [0.4, 0.5) is 10.6 Å². The fourth-order valence-corrected chi connectivity index (χ4v) is 3.87. The number of tetrazole rings is 1. The van der Waals surface area contributed by atoms with Gasteiger partial charge in [0.25, 0.3) is 0 Å². The number of nitrogens with zero attached hydrogens (tertiary/aromatic N) is 7. The highest BCUT2D eigenvalue weighted by atomic mass is 16.5. The van der Waals surface area contributed by atoms with Crippen LogP contribution in [0.25, 0.3) is 16.8 Å². The number of urea groups is 1. The van der Waals surface area contributed by atoms with Gasteiger partial charge in [0.2, 0.25) is 0 Å². The normalized spacial score (nSPS) is 14.3. The standard InChI is InChI=1S/C24H29N9O3/c1-16(2)33-30-21(29-31-33)5-8-26-24(34)28-22-15-32-14-17(3-4-23(32)27-22)18-11-20(13-25-12-18)36-19-6-9-35-10-7-19/h3-4,11-16,19H,5-10H2,1-2H3,(H2,26,28,34). The molecule has 36 heavy (non-hydrogen) atoms. The molecular weight excluding hydrogens is 462 g/mol. The molecule has 1 aliphatic heterocycles. The smallest absolute Gasteiger partial charge is 0.320 e. The lowest BCUT2D eigenvalue weighted by molar-refractivity contribution is 0.0254. The lowest BCUT2D eigenvalue weighted by Crippen LogP contribution is -2.30. The lowest BCUT2D eigenvalue weighted by Gasteiger charge is -2.23. The third-order valence-electron chi connectivity index (χ3n) is 5.78. The van der Waals surface area contributed by atoms with E-state index in [1.54, 1.807) is 23.4 Å². The van der Waals surface area contributed by atoms with E-state index in [0.717, 1.165) is 42.9 Å². The number of imidazole rings is 1. The zero-order valence-electron chi connectivity index (χ0n) is 20.3. The van der Waals surface area contributed by atoms with E-state index in [0.29, 0.717) is 30.3 Å². The molecule has 12 heteroatoms. The molecule has 2 N–H and O–H groups in total. The summed E-state index contributed by atoms with van der Waals surface area (Å²) in [6.45, 7) is 5.79. The third-order valence-corrected chi connectivity index (χ3v) is 5.78. The Labute approximate surface area is 208 Å². The predicted molar refractivity (Wildman–Crippen MR) is 132 cm³/mol. The molecule has 0 spiro atoms. The zero-order chi connectivity index (χ0) is 24.9.